The topological polar surface area (TPSA) is 90.6 Å². The van der Waals surface area contributed by atoms with Crippen molar-refractivity contribution in [2.45, 2.75) is 33.1 Å². The molecule has 0 saturated carbocycles. The van der Waals surface area contributed by atoms with Gasteiger partial charge >= 0.3 is 0 Å². The summed E-state index contributed by atoms with van der Waals surface area (Å²) in [5.41, 5.74) is 1.29. The van der Waals surface area contributed by atoms with E-state index in [9.17, 15) is 4.79 Å². The molecule has 1 amide bonds. The third-order valence-electron chi connectivity index (χ3n) is 6.38. The van der Waals surface area contributed by atoms with Crippen molar-refractivity contribution in [3.05, 3.63) is 12.0 Å². The van der Waals surface area contributed by atoms with Crippen LogP contribution in [0.2, 0.25) is 0 Å². The molecule has 0 radical (unpaired) electrons. The summed E-state index contributed by atoms with van der Waals surface area (Å²) in [4.78, 5) is 28.6. The SMILES string of the molecule is CCN1CCN(CCCNC(=O)[C@@H]2CCCN(c3ncnc4onc(C)c34)C2)CC1. The quantitative estimate of drug-likeness (QED) is 0.677. The zero-order valence-electron chi connectivity index (χ0n) is 18.1. The van der Waals surface area contributed by atoms with E-state index in [-0.39, 0.29) is 11.8 Å². The molecule has 9 nitrogen and oxygen atoms in total. The molecule has 1 N–H and O–H groups in total. The van der Waals surface area contributed by atoms with Gasteiger partial charge in [-0.25, -0.2) is 4.98 Å². The Hall–Kier alpha value is -2.26. The summed E-state index contributed by atoms with van der Waals surface area (Å²) in [5, 5.41) is 8.02. The number of hydrogen-bond donors (Lipinski definition) is 1. The van der Waals surface area contributed by atoms with Crippen molar-refractivity contribution < 1.29 is 9.32 Å². The van der Waals surface area contributed by atoms with Crippen LogP contribution < -0.4 is 10.2 Å². The van der Waals surface area contributed by atoms with Gasteiger partial charge in [0.1, 0.15) is 17.5 Å². The molecule has 2 aliphatic rings. The number of fused-ring (bicyclic) bond motifs is 1. The van der Waals surface area contributed by atoms with Crippen LogP contribution in [0.5, 0.6) is 0 Å². The van der Waals surface area contributed by atoms with E-state index in [0.29, 0.717) is 12.3 Å². The smallest absolute Gasteiger partial charge is 0.263 e. The third-order valence-corrected chi connectivity index (χ3v) is 6.38. The molecule has 2 aromatic heterocycles. The second-order valence-corrected chi connectivity index (χ2v) is 8.35. The van der Waals surface area contributed by atoms with Crippen LogP contribution in [0.3, 0.4) is 0 Å². The molecule has 0 bridgehead atoms. The summed E-state index contributed by atoms with van der Waals surface area (Å²) in [7, 11) is 0. The lowest BCUT2D eigenvalue weighted by Gasteiger charge is -2.34. The highest BCUT2D eigenvalue weighted by molar-refractivity contribution is 5.88. The minimum atomic E-state index is -0.0166. The first-order valence-electron chi connectivity index (χ1n) is 11.2. The highest BCUT2D eigenvalue weighted by Gasteiger charge is 2.28. The van der Waals surface area contributed by atoms with E-state index in [0.717, 1.165) is 88.5 Å². The van der Waals surface area contributed by atoms with Crippen LogP contribution in [-0.2, 0) is 4.79 Å². The fourth-order valence-corrected chi connectivity index (χ4v) is 4.51. The van der Waals surface area contributed by atoms with Gasteiger partial charge in [-0.3, -0.25) is 4.79 Å². The van der Waals surface area contributed by atoms with Crippen LogP contribution in [0.15, 0.2) is 10.9 Å². The summed E-state index contributed by atoms with van der Waals surface area (Å²) in [5.74, 6) is 0.961. The normalized spacial score (nSPS) is 21.3. The number of carbonyl (C=O) groups is 1. The minimum absolute atomic E-state index is 0.0166. The fourth-order valence-electron chi connectivity index (χ4n) is 4.51. The first kappa shape index (κ1) is 21.0. The average Bonchev–Trinajstić information content (AvgIpc) is 3.18. The standard InChI is InChI=1S/C21H33N7O2/c1-3-26-10-12-27(13-11-26)8-5-7-22-20(29)17-6-4-9-28(14-17)19-18-16(2)25-30-21(18)24-15-23-19/h15,17H,3-14H2,1-2H3,(H,22,29)/t17-/m1/s1. The number of rotatable bonds is 7. The molecule has 4 rings (SSSR count). The maximum Gasteiger partial charge on any atom is 0.263 e. The summed E-state index contributed by atoms with van der Waals surface area (Å²) in [6.45, 7) is 13.2. The minimum Gasteiger partial charge on any atom is -0.356 e. The van der Waals surface area contributed by atoms with E-state index < -0.39 is 0 Å². The third kappa shape index (κ3) is 4.73. The fraction of sp³-hybridized carbons (Fsp3) is 0.714. The number of nitrogens with zero attached hydrogens (tertiary/aromatic N) is 6. The maximum atomic E-state index is 12.8. The molecule has 9 heteroatoms. The number of piperidine rings is 1. The average molecular weight is 416 g/mol. The van der Waals surface area contributed by atoms with Crippen LogP contribution in [0, 0.1) is 12.8 Å². The first-order valence-corrected chi connectivity index (χ1v) is 11.2. The van der Waals surface area contributed by atoms with Crippen molar-refractivity contribution in [3.63, 3.8) is 0 Å². The van der Waals surface area contributed by atoms with Gasteiger partial charge < -0.3 is 24.5 Å². The second kappa shape index (κ2) is 9.70. The van der Waals surface area contributed by atoms with E-state index >= 15 is 0 Å². The summed E-state index contributed by atoms with van der Waals surface area (Å²) in [6.07, 6.45) is 4.39. The van der Waals surface area contributed by atoms with E-state index in [4.69, 9.17) is 4.52 Å². The van der Waals surface area contributed by atoms with Crippen LogP contribution >= 0.6 is 0 Å². The molecule has 2 aliphatic heterocycles. The number of aromatic nitrogens is 3. The van der Waals surface area contributed by atoms with Gasteiger partial charge in [-0.2, -0.15) is 4.98 Å². The van der Waals surface area contributed by atoms with Gasteiger partial charge in [0.25, 0.3) is 5.71 Å². The van der Waals surface area contributed by atoms with Crippen LogP contribution in [0.25, 0.3) is 11.1 Å². The highest BCUT2D eigenvalue weighted by atomic mass is 16.5. The lowest BCUT2D eigenvalue weighted by Crippen LogP contribution is -2.47. The number of piperazine rings is 1. The van der Waals surface area contributed by atoms with Crippen LogP contribution in [0.4, 0.5) is 5.82 Å². The van der Waals surface area contributed by atoms with E-state index in [1.807, 2.05) is 6.92 Å². The Morgan fingerprint density at radius 1 is 1.20 bits per heavy atom. The van der Waals surface area contributed by atoms with Gasteiger partial charge in [-0.1, -0.05) is 12.1 Å². The monoisotopic (exact) mass is 415 g/mol. The molecular weight excluding hydrogens is 382 g/mol. The number of anilines is 1. The predicted octanol–water partition coefficient (Wildman–Crippen LogP) is 1.29. The molecule has 4 heterocycles. The van der Waals surface area contributed by atoms with Gasteiger partial charge in [0, 0.05) is 45.8 Å². The molecule has 164 valence electrons. The Kier molecular flexibility index (Phi) is 6.79. The molecule has 2 saturated heterocycles. The van der Waals surface area contributed by atoms with Gasteiger partial charge in [-0.05, 0) is 39.3 Å². The van der Waals surface area contributed by atoms with Crippen molar-refractivity contribution in [2.75, 3.05) is 63.8 Å². The number of aryl methyl sites for hydroxylation is 1. The molecule has 2 aromatic rings. The van der Waals surface area contributed by atoms with Crippen molar-refractivity contribution in [1.29, 1.82) is 0 Å². The number of amides is 1. The van der Waals surface area contributed by atoms with Crippen molar-refractivity contribution in [3.8, 4) is 0 Å². The molecule has 0 unspecified atom stereocenters. The highest BCUT2D eigenvalue weighted by Crippen LogP contribution is 2.29. The van der Waals surface area contributed by atoms with Gasteiger partial charge in [0.2, 0.25) is 5.91 Å². The van der Waals surface area contributed by atoms with Gasteiger partial charge in [-0.15, -0.1) is 0 Å². The Labute approximate surface area is 177 Å². The van der Waals surface area contributed by atoms with Crippen molar-refractivity contribution in [1.82, 2.24) is 30.2 Å². The molecule has 1 atom stereocenters. The second-order valence-electron chi connectivity index (χ2n) is 8.35. The summed E-state index contributed by atoms with van der Waals surface area (Å²) >= 11 is 0. The maximum absolute atomic E-state index is 12.8. The van der Waals surface area contributed by atoms with Crippen LogP contribution in [-0.4, -0.2) is 89.7 Å². The largest absolute Gasteiger partial charge is 0.356 e. The zero-order chi connectivity index (χ0) is 20.9. The molecule has 2 fully saturated rings. The van der Waals surface area contributed by atoms with Crippen molar-refractivity contribution >= 4 is 22.8 Å². The molecular formula is C21H33N7O2. The lowest BCUT2D eigenvalue weighted by atomic mass is 9.97. The van der Waals surface area contributed by atoms with Crippen LogP contribution in [0.1, 0.15) is 31.9 Å². The predicted molar refractivity (Wildman–Crippen MR) is 115 cm³/mol. The molecule has 30 heavy (non-hydrogen) atoms. The zero-order valence-corrected chi connectivity index (χ0v) is 18.1. The number of likely N-dealkylation sites (N-methyl/N-ethyl adjacent to an activating group) is 1. The summed E-state index contributed by atoms with van der Waals surface area (Å²) < 4.78 is 5.27. The van der Waals surface area contributed by atoms with Gasteiger partial charge in [0.05, 0.1) is 11.6 Å². The number of carbonyl (C=O) groups excluding carboxylic acids is 1. The molecule has 0 aromatic carbocycles. The summed E-state index contributed by atoms with van der Waals surface area (Å²) in [6, 6.07) is 0. The van der Waals surface area contributed by atoms with Gasteiger partial charge in [0.15, 0.2) is 0 Å². The Balaban J connectivity index is 1.25. The molecule has 0 aliphatic carbocycles. The Bertz CT molecular complexity index is 847. The Morgan fingerprint density at radius 3 is 2.80 bits per heavy atom. The number of hydrogen-bond acceptors (Lipinski definition) is 8. The number of nitrogens with one attached hydrogen (secondary N) is 1. The first-order chi connectivity index (χ1) is 14.7. The molecule has 0 spiro atoms. The Morgan fingerprint density at radius 2 is 2.00 bits per heavy atom. The van der Waals surface area contributed by atoms with E-state index in [1.165, 1.54) is 6.33 Å². The lowest BCUT2D eigenvalue weighted by molar-refractivity contribution is -0.125. The van der Waals surface area contributed by atoms with Crippen molar-refractivity contribution in [2.24, 2.45) is 5.92 Å². The van der Waals surface area contributed by atoms with E-state index in [1.54, 1.807) is 0 Å². The van der Waals surface area contributed by atoms with E-state index in [2.05, 4.69) is 42.1 Å².